The molecule has 2 atom stereocenters. The number of benzene rings is 2. The van der Waals surface area contributed by atoms with E-state index >= 15 is 0 Å². The van der Waals surface area contributed by atoms with Crippen molar-refractivity contribution >= 4 is 17.7 Å². The fraction of sp³-hybridized carbons (Fsp3) is 0.531. The van der Waals surface area contributed by atoms with Crippen LogP contribution in [-0.4, -0.2) is 85.7 Å². The Morgan fingerprint density at radius 2 is 1.95 bits per heavy atom. The molecule has 0 radical (unpaired) electrons. The summed E-state index contributed by atoms with van der Waals surface area (Å²) in [5.41, 5.74) is 0.816. The van der Waals surface area contributed by atoms with Crippen molar-refractivity contribution in [3.05, 3.63) is 53.6 Å². The Labute approximate surface area is 247 Å². The molecule has 1 aliphatic carbocycles. The van der Waals surface area contributed by atoms with Crippen LogP contribution in [0.25, 0.3) is 0 Å². The molecular weight excluding hydrogens is 538 g/mol. The quantitative estimate of drug-likeness (QED) is 0.555. The number of amides is 3. The van der Waals surface area contributed by atoms with Gasteiger partial charge in [0.05, 0.1) is 43.4 Å². The monoisotopic (exact) mass is 579 g/mol. The van der Waals surface area contributed by atoms with Gasteiger partial charge < -0.3 is 34.1 Å². The Kier molecular flexibility index (Phi) is 9.03. The van der Waals surface area contributed by atoms with Gasteiger partial charge in [-0.05, 0) is 69.9 Å². The molecule has 10 nitrogen and oxygen atoms in total. The number of nitrogens with zero attached hydrogens (tertiary/aromatic N) is 2. The fourth-order valence-electron chi connectivity index (χ4n) is 5.70. The topological polar surface area (TPSA) is 107 Å². The highest BCUT2D eigenvalue weighted by molar-refractivity contribution is 5.97. The molecule has 2 aliphatic heterocycles. The average molecular weight is 580 g/mol. The number of likely N-dealkylation sites (N-methyl/N-ethyl adjacent to an activating group) is 1. The van der Waals surface area contributed by atoms with Crippen molar-refractivity contribution in [1.82, 2.24) is 15.1 Å². The molecule has 0 aromatic heterocycles. The van der Waals surface area contributed by atoms with Crippen molar-refractivity contribution in [1.29, 1.82) is 0 Å². The Bertz CT molecular complexity index is 1310. The Morgan fingerprint density at radius 3 is 2.67 bits per heavy atom. The lowest BCUT2D eigenvalue weighted by Crippen LogP contribution is -2.59. The van der Waals surface area contributed by atoms with Gasteiger partial charge in [0.2, 0.25) is 11.8 Å². The van der Waals surface area contributed by atoms with Gasteiger partial charge in [0.25, 0.3) is 5.91 Å². The second-order valence-electron chi connectivity index (χ2n) is 11.7. The second-order valence-corrected chi connectivity index (χ2v) is 11.7. The van der Waals surface area contributed by atoms with Crippen LogP contribution >= 0.6 is 0 Å². The lowest BCUT2D eigenvalue weighted by molar-refractivity contribution is -0.144. The van der Waals surface area contributed by atoms with E-state index in [2.05, 4.69) is 5.32 Å². The highest BCUT2D eigenvalue weighted by Gasteiger charge is 2.52. The first-order valence-electron chi connectivity index (χ1n) is 14.8. The van der Waals surface area contributed by atoms with Crippen LogP contribution in [0.5, 0.6) is 17.2 Å². The molecule has 4 bridgehead atoms. The highest BCUT2D eigenvalue weighted by Crippen LogP contribution is 2.47. The van der Waals surface area contributed by atoms with Crippen molar-refractivity contribution in [2.24, 2.45) is 5.41 Å². The summed E-state index contributed by atoms with van der Waals surface area (Å²) in [7, 11) is 1.62. The smallest absolute Gasteiger partial charge is 0.254 e. The van der Waals surface area contributed by atoms with E-state index < -0.39 is 11.5 Å². The number of hydrogen-bond acceptors (Lipinski definition) is 7. The average Bonchev–Trinajstić information content (AvgIpc) is 3.74. The number of carbonyl (C=O) groups is 3. The third-order valence-electron chi connectivity index (χ3n) is 8.01. The van der Waals surface area contributed by atoms with Crippen LogP contribution in [0.4, 0.5) is 0 Å². The molecule has 3 amide bonds. The molecule has 3 aliphatic rings. The summed E-state index contributed by atoms with van der Waals surface area (Å²) in [4.78, 5) is 43.7. The molecule has 5 rings (SSSR count). The molecule has 1 N–H and O–H groups in total. The summed E-state index contributed by atoms with van der Waals surface area (Å²) in [5, 5.41) is 3.09. The van der Waals surface area contributed by atoms with Crippen LogP contribution in [0.3, 0.4) is 0 Å². The normalized spacial score (nSPS) is 22.2. The Balaban J connectivity index is 1.43. The zero-order valence-electron chi connectivity index (χ0n) is 24.9. The minimum Gasteiger partial charge on any atom is -0.491 e. The number of rotatable bonds is 6. The van der Waals surface area contributed by atoms with E-state index in [1.165, 1.54) is 4.90 Å². The second kappa shape index (κ2) is 12.7. The predicted molar refractivity (Wildman–Crippen MR) is 156 cm³/mol. The van der Waals surface area contributed by atoms with Crippen LogP contribution in [0.2, 0.25) is 0 Å². The van der Waals surface area contributed by atoms with E-state index in [9.17, 15) is 14.4 Å². The van der Waals surface area contributed by atoms with Crippen LogP contribution in [-0.2, 0) is 25.7 Å². The maximum atomic E-state index is 13.6. The first-order valence-corrected chi connectivity index (χ1v) is 14.8. The van der Waals surface area contributed by atoms with Crippen LogP contribution in [0, 0.1) is 5.41 Å². The van der Waals surface area contributed by atoms with Gasteiger partial charge in [-0.15, -0.1) is 0 Å². The van der Waals surface area contributed by atoms with Crippen LogP contribution < -0.4 is 14.8 Å². The third kappa shape index (κ3) is 6.87. The summed E-state index contributed by atoms with van der Waals surface area (Å²) in [5.74, 6) is 1.02. The first-order chi connectivity index (χ1) is 20.2. The molecule has 0 spiro atoms. The van der Waals surface area contributed by atoms with Gasteiger partial charge in [-0.1, -0.05) is 12.1 Å². The molecule has 1 saturated heterocycles. The molecule has 10 heteroatoms. The molecule has 1 saturated carbocycles. The largest absolute Gasteiger partial charge is 0.491 e. The maximum Gasteiger partial charge on any atom is 0.254 e. The summed E-state index contributed by atoms with van der Waals surface area (Å²) in [6.45, 7) is 7.44. The predicted octanol–water partition coefficient (Wildman–Crippen LogP) is 3.77. The zero-order chi connectivity index (χ0) is 29.9. The molecule has 2 fully saturated rings. The maximum absolute atomic E-state index is 13.6. The first kappa shape index (κ1) is 29.8. The van der Waals surface area contributed by atoms with Gasteiger partial charge in [0.15, 0.2) is 0 Å². The number of fused-ring (bicyclic) bond motifs is 5. The van der Waals surface area contributed by atoms with Crippen molar-refractivity contribution in [2.45, 2.75) is 64.9 Å². The zero-order valence-corrected chi connectivity index (χ0v) is 24.9. The van der Waals surface area contributed by atoms with Gasteiger partial charge in [0.1, 0.15) is 17.2 Å². The molecular formula is C32H41N3O7. The van der Waals surface area contributed by atoms with Crippen LogP contribution in [0.15, 0.2) is 42.5 Å². The molecule has 42 heavy (non-hydrogen) atoms. The van der Waals surface area contributed by atoms with E-state index in [4.69, 9.17) is 18.9 Å². The molecule has 2 aromatic carbocycles. The number of carbonyl (C=O) groups excluding carboxylic acids is 3. The summed E-state index contributed by atoms with van der Waals surface area (Å²) in [6.07, 6.45) is 1.79. The number of likely N-dealkylation sites (tertiary alicyclic amines) is 1. The standard InChI is InChI=1S/C32H41N3O7/c1-5-34-18-29(36)33-27-17-35(31(38)32(10-11-32)20-39-4)12-9-28(27)40-19-22-7-6-8-24(13-22)42-26-15-23(30(34)37)14-25(16-26)41-21(2)3/h6-8,13-16,21,27-28H,5,9-12,17-20H2,1-4H3,(H,33,36)/t27-,28-/m0/s1. The minimum atomic E-state index is -0.455. The number of ether oxygens (including phenoxy) is 4. The van der Waals surface area contributed by atoms with E-state index in [0.717, 1.165) is 18.4 Å². The molecule has 0 unspecified atom stereocenters. The van der Waals surface area contributed by atoms with Gasteiger partial charge >= 0.3 is 0 Å². The number of hydrogen-bond donors (Lipinski definition) is 1. The summed E-state index contributed by atoms with van der Waals surface area (Å²) in [6, 6.07) is 12.3. The van der Waals surface area contributed by atoms with Gasteiger partial charge in [-0.3, -0.25) is 14.4 Å². The SMILES string of the molecule is CCN1CC(=O)N[C@H]2CN(C(=O)C3(COC)CC3)CC[C@@H]2OCc2cccc(c2)Oc2cc(OC(C)C)cc(c2)C1=O. The Hall–Kier alpha value is -3.63. The van der Waals surface area contributed by atoms with E-state index in [-0.39, 0.29) is 36.5 Å². The van der Waals surface area contributed by atoms with Gasteiger partial charge in [-0.2, -0.15) is 0 Å². The van der Waals surface area contributed by atoms with E-state index in [0.29, 0.717) is 62.1 Å². The van der Waals surface area contributed by atoms with Crippen LogP contribution in [0.1, 0.15) is 56.0 Å². The van der Waals surface area contributed by atoms with Gasteiger partial charge in [0, 0.05) is 38.4 Å². The lowest BCUT2D eigenvalue weighted by Gasteiger charge is -2.40. The van der Waals surface area contributed by atoms with Crippen molar-refractivity contribution < 1.29 is 33.3 Å². The number of nitrogens with one attached hydrogen (secondary N) is 1. The lowest BCUT2D eigenvalue weighted by atomic mass is 9.98. The van der Waals surface area contributed by atoms with Gasteiger partial charge in [-0.25, -0.2) is 0 Å². The fourth-order valence-corrected chi connectivity index (χ4v) is 5.70. The third-order valence-corrected chi connectivity index (χ3v) is 8.01. The van der Waals surface area contributed by atoms with Crippen molar-refractivity contribution in [3.63, 3.8) is 0 Å². The molecule has 226 valence electrons. The van der Waals surface area contributed by atoms with Crippen molar-refractivity contribution in [3.8, 4) is 17.2 Å². The molecule has 2 heterocycles. The number of piperidine rings is 1. The van der Waals surface area contributed by atoms with E-state index in [1.54, 1.807) is 25.3 Å². The van der Waals surface area contributed by atoms with E-state index in [1.807, 2.05) is 49.9 Å². The van der Waals surface area contributed by atoms with Crippen molar-refractivity contribution in [2.75, 3.05) is 39.9 Å². The number of methoxy groups -OCH3 is 1. The highest BCUT2D eigenvalue weighted by atomic mass is 16.5. The summed E-state index contributed by atoms with van der Waals surface area (Å²) < 4.78 is 23.8. The Morgan fingerprint density at radius 1 is 1.14 bits per heavy atom. The summed E-state index contributed by atoms with van der Waals surface area (Å²) >= 11 is 0. The minimum absolute atomic E-state index is 0.0682. The molecule has 2 aromatic rings.